The van der Waals surface area contributed by atoms with Crippen LogP contribution in [-0.4, -0.2) is 19.0 Å². The molecule has 0 bridgehead atoms. The molecule has 2 aromatic rings. The maximum Gasteiger partial charge on any atom is 0.339 e. The molecule has 0 spiro atoms. The van der Waals surface area contributed by atoms with Gasteiger partial charge in [0.15, 0.2) is 0 Å². The maximum absolute atomic E-state index is 12.1. The van der Waals surface area contributed by atoms with Gasteiger partial charge in [-0.25, -0.2) is 9.59 Å². The van der Waals surface area contributed by atoms with Crippen molar-refractivity contribution in [3.63, 3.8) is 0 Å². The highest BCUT2D eigenvalue weighted by atomic mass is 35.5. The van der Waals surface area contributed by atoms with Crippen LogP contribution >= 0.6 is 11.6 Å². The Kier molecular flexibility index (Phi) is 3.86. The molecule has 1 unspecified atom stereocenters. The van der Waals surface area contributed by atoms with Crippen LogP contribution in [0.15, 0.2) is 42.5 Å². The number of benzene rings is 2. The predicted molar refractivity (Wildman–Crippen MR) is 81.1 cm³/mol. The fourth-order valence-corrected chi connectivity index (χ4v) is 2.63. The summed E-state index contributed by atoms with van der Waals surface area (Å²) in [5, 5.41) is 0.624. The van der Waals surface area contributed by atoms with Gasteiger partial charge < -0.3 is 9.47 Å². The third-order valence-corrected chi connectivity index (χ3v) is 3.89. The zero-order valence-electron chi connectivity index (χ0n) is 11.8. The zero-order chi connectivity index (χ0) is 15.7. The summed E-state index contributed by atoms with van der Waals surface area (Å²) >= 11 is 5.87. The SMILES string of the molecule is COC(=O)c1ccc2c(c1)CC(c1ccc(Cl)cc1)OC2=O. The Bertz CT molecular complexity index is 737. The van der Waals surface area contributed by atoms with Crippen molar-refractivity contribution in [2.24, 2.45) is 0 Å². The van der Waals surface area contributed by atoms with Gasteiger partial charge in [0, 0.05) is 11.4 Å². The van der Waals surface area contributed by atoms with Gasteiger partial charge in [-0.15, -0.1) is 0 Å². The van der Waals surface area contributed by atoms with Crippen molar-refractivity contribution in [1.29, 1.82) is 0 Å². The fraction of sp³-hybridized carbons (Fsp3) is 0.176. The van der Waals surface area contributed by atoms with E-state index in [9.17, 15) is 9.59 Å². The number of esters is 2. The van der Waals surface area contributed by atoms with Gasteiger partial charge in [-0.2, -0.15) is 0 Å². The lowest BCUT2D eigenvalue weighted by molar-refractivity contribution is 0.0251. The number of hydrogen-bond donors (Lipinski definition) is 0. The van der Waals surface area contributed by atoms with Gasteiger partial charge in [0.2, 0.25) is 0 Å². The summed E-state index contributed by atoms with van der Waals surface area (Å²) in [6.07, 6.45) is 0.123. The molecule has 1 atom stereocenters. The largest absolute Gasteiger partial charge is 0.465 e. The molecule has 5 heteroatoms. The van der Waals surface area contributed by atoms with Crippen LogP contribution in [0.2, 0.25) is 5.02 Å². The van der Waals surface area contributed by atoms with E-state index in [1.54, 1.807) is 30.3 Å². The molecule has 0 amide bonds. The van der Waals surface area contributed by atoms with E-state index in [0.29, 0.717) is 22.6 Å². The van der Waals surface area contributed by atoms with Crippen molar-refractivity contribution in [2.45, 2.75) is 12.5 Å². The zero-order valence-corrected chi connectivity index (χ0v) is 12.6. The summed E-state index contributed by atoms with van der Waals surface area (Å²) in [6, 6.07) is 12.0. The normalized spacial score (nSPS) is 16.6. The molecular formula is C17H13ClO4. The fourth-order valence-electron chi connectivity index (χ4n) is 2.50. The molecule has 4 nitrogen and oxygen atoms in total. The molecule has 0 aromatic heterocycles. The van der Waals surface area contributed by atoms with Gasteiger partial charge in [0.1, 0.15) is 6.10 Å². The molecule has 1 aliphatic heterocycles. The monoisotopic (exact) mass is 316 g/mol. The molecule has 112 valence electrons. The summed E-state index contributed by atoms with van der Waals surface area (Å²) in [6.45, 7) is 0. The van der Waals surface area contributed by atoms with Crippen molar-refractivity contribution in [3.8, 4) is 0 Å². The minimum Gasteiger partial charge on any atom is -0.465 e. The van der Waals surface area contributed by atoms with E-state index in [0.717, 1.165) is 11.1 Å². The average molecular weight is 317 g/mol. The van der Waals surface area contributed by atoms with Crippen LogP contribution in [0.4, 0.5) is 0 Å². The Morgan fingerprint density at radius 2 is 1.95 bits per heavy atom. The molecule has 3 rings (SSSR count). The van der Waals surface area contributed by atoms with Gasteiger partial charge >= 0.3 is 11.9 Å². The minimum absolute atomic E-state index is 0.384. The second-order valence-electron chi connectivity index (χ2n) is 5.01. The van der Waals surface area contributed by atoms with Gasteiger partial charge in [0.25, 0.3) is 0 Å². The van der Waals surface area contributed by atoms with Gasteiger partial charge in [0.05, 0.1) is 18.2 Å². The molecule has 0 saturated heterocycles. The van der Waals surface area contributed by atoms with Crippen LogP contribution in [0.1, 0.15) is 37.9 Å². The molecule has 0 N–H and O–H groups in total. The molecule has 0 fully saturated rings. The van der Waals surface area contributed by atoms with Crippen LogP contribution in [0.25, 0.3) is 0 Å². The van der Waals surface area contributed by atoms with Crippen molar-refractivity contribution in [2.75, 3.05) is 7.11 Å². The average Bonchev–Trinajstić information content (AvgIpc) is 2.54. The van der Waals surface area contributed by atoms with Crippen LogP contribution in [0.3, 0.4) is 0 Å². The summed E-state index contributed by atoms with van der Waals surface area (Å²) in [4.78, 5) is 23.7. The Morgan fingerprint density at radius 3 is 2.64 bits per heavy atom. The molecule has 1 heterocycles. The van der Waals surface area contributed by atoms with E-state index in [1.807, 2.05) is 12.1 Å². The predicted octanol–water partition coefficient (Wildman–Crippen LogP) is 3.58. The molecule has 0 aliphatic carbocycles. The van der Waals surface area contributed by atoms with E-state index in [2.05, 4.69) is 0 Å². The van der Waals surface area contributed by atoms with E-state index < -0.39 is 11.9 Å². The number of cyclic esters (lactones) is 1. The lowest BCUT2D eigenvalue weighted by atomic mass is 9.93. The quantitative estimate of drug-likeness (QED) is 0.795. The summed E-state index contributed by atoms with van der Waals surface area (Å²) in [7, 11) is 1.33. The molecular weight excluding hydrogens is 304 g/mol. The van der Waals surface area contributed by atoms with Gasteiger partial charge in [-0.1, -0.05) is 23.7 Å². The van der Waals surface area contributed by atoms with Crippen molar-refractivity contribution >= 4 is 23.5 Å². The van der Waals surface area contributed by atoms with E-state index in [4.69, 9.17) is 21.1 Å². The second kappa shape index (κ2) is 5.81. The van der Waals surface area contributed by atoms with Crippen LogP contribution in [0, 0.1) is 0 Å². The van der Waals surface area contributed by atoms with Gasteiger partial charge in [-0.05, 0) is 41.5 Å². The number of fused-ring (bicyclic) bond motifs is 1. The van der Waals surface area contributed by atoms with E-state index in [-0.39, 0.29) is 6.10 Å². The lowest BCUT2D eigenvalue weighted by Gasteiger charge is -2.25. The Balaban J connectivity index is 1.94. The van der Waals surface area contributed by atoms with E-state index >= 15 is 0 Å². The van der Waals surface area contributed by atoms with Crippen LogP contribution < -0.4 is 0 Å². The number of halogens is 1. The number of carbonyl (C=O) groups excluding carboxylic acids is 2. The molecule has 22 heavy (non-hydrogen) atoms. The number of carbonyl (C=O) groups is 2. The molecule has 0 saturated carbocycles. The van der Waals surface area contributed by atoms with Crippen molar-refractivity contribution < 1.29 is 19.1 Å². The Hall–Kier alpha value is -2.33. The lowest BCUT2D eigenvalue weighted by Crippen LogP contribution is -2.22. The van der Waals surface area contributed by atoms with Crippen molar-refractivity contribution in [3.05, 3.63) is 69.7 Å². The summed E-state index contributed by atoms with van der Waals surface area (Å²) in [5.74, 6) is -0.817. The first-order chi connectivity index (χ1) is 10.6. The summed E-state index contributed by atoms with van der Waals surface area (Å²) < 4.78 is 10.2. The minimum atomic E-state index is -0.426. The smallest absolute Gasteiger partial charge is 0.339 e. The molecule has 2 aromatic carbocycles. The first-order valence-electron chi connectivity index (χ1n) is 6.76. The summed E-state index contributed by atoms with van der Waals surface area (Å²) in [5.41, 5.74) is 2.55. The molecule has 1 aliphatic rings. The Labute approximate surface area is 132 Å². The third-order valence-electron chi connectivity index (χ3n) is 3.64. The number of rotatable bonds is 2. The first-order valence-corrected chi connectivity index (χ1v) is 7.14. The van der Waals surface area contributed by atoms with Crippen molar-refractivity contribution in [1.82, 2.24) is 0 Å². The highest BCUT2D eigenvalue weighted by Gasteiger charge is 2.28. The second-order valence-corrected chi connectivity index (χ2v) is 5.45. The standard InChI is InChI=1S/C17H13ClO4/c1-21-16(19)11-4-7-14-12(8-11)9-15(22-17(14)20)10-2-5-13(18)6-3-10/h2-8,15H,9H2,1H3. The maximum atomic E-state index is 12.1. The highest BCUT2D eigenvalue weighted by Crippen LogP contribution is 2.31. The number of ether oxygens (including phenoxy) is 2. The van der Waals surface area contributed by atoms with Crippen LogP contribution in [-0.2, 0) is 15.9 Å². The third kappa shape index (κ3) is 2.70. The highest BCUT2D eigenvalue weighted by molar-refractivity contribution is 6.30. The van der Waals surface area contributed by atoms with E-state index in [1.165, 1.54) is 7.11 Å². The van der Waals surface area contributed by atoms with Crippen LogP contribution in [0.5, 0.6) is 0 Å². The first kappa shape index (κ1) is 14.6. The molecule has 0 radical (unpaired) electrons. The Morgan fingerprint density at radius 1 is 1.23 bits per heavy atom. The number of methoxy groups -OCH3 is 1. The number of hydrogen-bond acceptors (Lipinski definition) is 4. The topological polar surface area (TPSA) is 52.6 Å². The van der Waals surface area contributed by atoms with Gasteiger partial charge in [-0.3, -0.25) is 0 Å².